The molecule has 0 spiro atoms. The molecule has 0 aliphatic heterocycles. The Morgan fingerprint density at radius 2 is 1.57 bits per heavy atom. The highest BCUT2D eigenvalue weighted by Gasteiger charge is 2.47. The smallest absolute Gasteiger partial charge is 0.331 e. The van der Waals surface area contributed by atoms with Crippen LogP contribution < -0.4 is 10.6 Å². The molecule has 0 radical (unpaired) electrons. The van der Waals surface area contributed by atoms with Crippen LogP contribution in [0.15, 0.2) is 60.7 Å². The summed E-state index contributed by atoms with van der Waals surface area (Å²) in [5.41, 5.74) is -0.731. The zero-order valence-electron chi connectivity index (χ0n) is 17.4. The van der Waals surface area contributed by atoms with Crippen molar-refractivity contribution < 1.29 is 24.2 Å². The molecule has 0 saturated heterocycles. The van der Waals surface area contributed by atoms with Gasteiger partial charge >= 0.3 is 11.9 Å². The summed E-state index contributed by atoms with van der Waals surface area (Å²) in [6, 6.07) is 17.8. The Balaban J connectivity index is 2.29. The molecule has 2 rings (SSSR count). The minimum Gasteiger partial charge on any atom is -0.479 e. The second-order valence-electron chi connectivity index (χ2n) is 7.63. The number of hydrazine groups is 1. The largest absolute Gasteiger partial charge is 0.479 e. The Hall–Kier alpha value is -3.19. The molecule has 0 fully saturated rings. The fourth-order valence-electron chi connectivity index (χ4n) is 3.00. The fraction of sp³-hybridized carbons (Fsp3) is 0.348. The predicted octanol–water partition coefficient (Wildman–Crippen LogP) is 3.04. The number of hydrogen-bond donors (Lipinski definition) is 2. The van der Waals surface area contributed by atoms with E-state index in [1.807, 2.05) is 30.3 Å². The van der Waals surface area contributed by atoms with Gasteiger partial charge in [-0.3, -0.25) is 14.6 Å². The van der Waals surface area contributed by atoms with E-state index in [9.17, 15) is 19.5 Å². The molecule has 0 heterocycles. The normalized spacial score (nSPS) is 13.9. The fourth-order valence-corrected chi connectivity index (χ4v) is 3.00. The molecule has 2 atom stereocenters. The molecule has 2 unspecified atom stereocenters. The van der Waals surface area contributed by atoms with Crippen LogP contribution in [0.3, 0.4) is 0 Å². The topological polar surface area (TPSA) is 110 Å². The van der Waals surface area contributed by atoms with Crippen LogP contribution in [-0.2, 0) is 20.8 Å². The highest BCUT2D eigenvalue weighted by atomic mass is 16.5. The van der Waals surface area contributed by atoms with E-state index >= 15 is 0 Å². The molecule has 160 valence electrons. The number of para-hydroxylation sites is 1. The third kappa shape index (κ3) is 5.24. The second-order valence-corrected chi connectivity index (χ2v) is 7.63. The van der Waals surface area contributed by atoms with Crippen LogP contribution in [0.5, 0.6) is 5.75 Å². The van der Waals surface area contributed by atoms with E-state index in [1.165, 1.54) is 6.92 Å². The predicted molar refractivity (Wildman–Crippen MR) is 112 cm³/mol. The van der Waals surface area contributed by atoms with Gasteiger partial charge in [0.1, 0.15) is 11.7 Å². The maximum Gasteiger partial charge on any atom is 0.331 e. The van der Waals surface area contributed by atoms with Gasteiger partial charge < -0.3 is 9.84 Å². The van der Waals surface area contributed by atoms with Crippen molar-refractivity contribution >= 4 is 17.8 Å². The number of carbonyl (C=O) groups excluding carboxylic acids is 2. The van der Waals surface area contributed by atoms with Crippen molar-refractivity contribution in [1.29, 1.82) is 0 Å². The van der Waals surface area contributed by atoms with Gasteiger partial charge in [-0.25, -0.2) is 10.6 Å². The molecule has 7 heteroatoms. The molecule has 2 aromatic carbocycles. The highest BCUT2D eigenvalue weighted by molar-refractivity contribution is 6.00. The summed E-state index contributed by atoms with van der Waals surface area (Å²) in [6.45, 7) is 4.68. The average Bonchev–Trinajstić information content (AvgIpc) is 2.73. The first kappa shape index (κ1) is 23.1. The van der Waals surface area contributed by atoms with Gasteiger partial charge in [-0.05, 0) is 43.4 Å². The summed E-state index contributed by atoms with van der Waals surface area (Å²) in [5, 5.41) is 10.4. The number of benzene rings is 2. The van der Waals surface area contributed by atoms with Crippen LogP contribution in [0.25, 0.3) is 0 Å². The Morgan fingerprint density at radius 1 is 1.03 bits per heavy atom. The summed E-state index contributed by atoms with van der Waals surface area (Å²) >= 11 is 0. The van der Waals surface area contributed by atoms with Gasteiger partial charge in [-0.15, -0.1) is 0 Å². The molecule has 7 nitrogen and oxygen atoms in total. The number of rotatable bonds is 9. The van der Waals surface area contributed by atoms with E-state index in [2.05, 4.69) is 0 Å². The third-order valence-corrected chi connectivity index (χ3v) is 5.40. The van der Waals surface area contributed by atoms with E-state index in [-0.39, 0.29) is 6.42 Å². The van der Waals surface area contributed by atoms with E-state index in [1.54, 1.807) is 44.2 Å². The van der Waals surface area contributed by atoms with Gasteiger partial charge in [-0.1, -0.05) is 62.4 Å². The van der Waals surface area contributed by atoms with Crippen molar-refractivity contribution in [2.45, 2.75) is 39.2 Å². The number of aliphatic carboxylic acids is 1. The van der Waals surface area contributed by atoms with Crippen LogP contribution in [0, 0.1) is 11.8 Å². The number of nitrogens with zero attached hydrogens (tertiary/aromatic N) is 1. The quantitative estimate of drug-likeness (QED) is 0.164. The standard InChI is InChI=1S/C23H28N2O5/c1-16(2)23(3,22(28)29)25(24)20(26)19(15-14-17-10-6-4-7-11-17)21(27)30-18-12-8-5-9-13-18/h4-13,16,19H,14-15,24H2,1-3H3,(H,28,29). The lowest BCUT2D eigenvalue weighted by Crippen LogP contribution is -2.63. The van der Waals surface area contributed by atoms with E-state index < -0.39 is 35.2 Å². The van der Waals surface area contributed by atoms with Gasteiger partial charge in [0.15, 0.2) is 5.54 Å². The molecule has 0 saturated carbocycles. The number of nitrogens with two attached hydrogens (primary N) is 1. The average molecular weight is 412 g/mol. The van der Waals surface area contributed by atoms with Crippen molar-refractivity contribution in [2.24, 2.45) is 17.7 Å². The molecular formula is C23H28N2O5. The number of carbonyl (C=O) groups is 3. The zero-order valence-corrected chi connectivity index (χ0v) is 17.4. The van der Waals surface area contributed by atoms with Crippen molar-refractivity contribution in [3.63, 3.8) is 0 Å². The SMILES string of the molecule is CC(C)C(C)(C(=O)O)N(N)C(=O)C(CCc1ccccc1)C(=O)Oc1ccccc1. The minimum absolute atomic E-state index is 0.135. The van der Waals surface area contributed by atoms with Gasteiger partial charge in [-0.2, -0.15) is 0 Å². The minimum atomic E-state index is -1.67. The Bertz CT molecular complexity index is 870. The lowest BCUT2D eigenvalue weighted by atomic mass is 9.86. The van der Waals surface area contributed by atoms with Crippen LogP contribution in [0.1, 0.15) is 32.8 Å². The molecule has 0 aliphatic rings. The maximum atomic E-state index is 13.2. The van der Waals surface area contributed by atoms with Crippen LogP contribution in [0.4, 0.5) is 0 Å². The first-order valence-corrected chi connectivity index (χ1v) is 9.80. The summed E-state index contributed by atoms with van der Waals surface area (Å²) in [4.78, 5) is 37.9. The van der Waals surface area contributed by atoms with Gasteiger partial charge in [0.2, 0.25) is 0 Å². The van der Waals surface area contributed by atoms with E-state index in [0.29, 0.717) is 17.2 Å². The molecule has 1 amide bonds. The van der Waals surface area contributed by atoms with E-state index in [4.69, 9.17) is 10.6 Å². The monoisotopic (exact) mass is 412 g/mol. The molecule has 0 aliphatic carbocycles. The van der Waals surface area contributed by atoms with Crippen molar-refractivity contribution in [3.8, 4) is 5.75 Å². The molecular weight excluding hydrogens is 384 g/mol. The van der Waals surface area contributed by atoms with Gasteiger partial charge in [0.25, 0.3) is 5.91 Å². The lowest BCUT2D eigenvalue weighted by molar-refractivity contribution is -0.167. The Morgan fingerprint density at radius 3 is 2.07 bits per heavy atom. The molecule has 0 aromatic heterocycles. The number of carboxylic acids is 1. The first-order valence-electron chi connectivity index (χ1n) is 9.80. The summed E-state index contributed by atoms with van der Waals surface area (Å²) in [6.07, 6.45) is 0.566. The molecule has 2 aromatic rings. The highest BCUT2D eigenvalue weighted by Crippen LogP contribution is 2.26. The van der Waals surface area contributed by atoms with Crippen LogP contribution in [-0.4, -0.2) is 33.5 Å². The number of hydrogen-bond acceptors (Lipinski definition) is 5. The van der Waals surface area contributed by atoms with Crippen molar-refractivity contribution in [1.82, 2.24) is 5.01 Å². The first-order chi connectivity index (χ1) is 14.2. The maximum absolute atomic E-state index is 13.2. The number of carboxylic acid groups (broad SMARTS) is 1. The van der Waals surface area contributed by atoms with Crippen molar-refractivity contribution in [3.05, 3.63) is 66.2 Å². The van der Waals surface area contributed by atoms with Gasteiger partial charge in [0.05, 0.1) is 0 Å². The molecule has 3 N–H and O–H groups in total. The number of esters is 1. The second kappa shape index (κ2) is 10.0. The molecule has 30 heavy (non-hydrogen) atoms. The van der Waals surface area contributed by atoms with Crippen LogP contribution in [0.2, 0.25) is 0 Å². The Kier molecular flexibility index (Phi) is 7.72. The zero-order chi connectivity index (χ0) is 22.3. The summed E-state index contributed by atoms with van der Waals surface area (Å²) in [5.74, 6) is 1.77. The summed E-state index contributed by atoms with van der Waals surface area (Å²) < 4.78 is 5.38. The van der Waals surface area contributed by atoms with Gasteiger partial charge in [0, 0.05) is 0 Å². The number of amides is 1. The van der Waals surface area contributed by atoms with E-state index in [0.717, 1.165) is 5.56 Å². The Labute approximate surface area is 176 Å². The number of aryl methyl sites for hydroxylation is 1. The lowest BCUT2D eigenvalue weighted by Gasteiger charge is -2.38. The molecule has 0 bridgehead atoms. The third-order valence-electron chi connectivity index (χ3n) is 5.40. The van der Waals surface area contributed by atoms with Crippen molar-refractivity contribution in [2.75, 3.05) is 0 Å². The summed E-state index contributed by atoms with van der Waals surface area (Å²) in [7, 11) is 0. The number of ether oxygens (including phenoxy) is 1. The van der Waals surface area contributed by atoms with Crippen LogP contribution >= 0.6 is 0 Å².